The van der Waals surface area contributed by atoms with Gasteiger partial charge in [-0.25, -0.2) is 9.97 Å². The van der Waals surface area contributed by atoms with Crippen molar-refractivity contribution in [1.29, 1.82) is 0 Å². The molecule has 35 heavy (non-hydrogen) atoms. The predicted octanol–water partition coefficient (Wildman–Crippen LogP) is 5.06. The molecule has 0 saturated carbocycles. The van der Waals surface area contributed by atoms with Crippen molar-refractivity contribution < 1.29 is 14.3 Å². The van der Waals surface area contributed by atoms with E-state index in [1.165, 1.54) is 0 Å². The van der Waals surface area contributed by atoms with Crippen LogP contribution in [0.15, 0.2) is 55.0 Å². The second-order valence-electron chi connectivity index (χ2n) is 8.40. The zero-order valence-corrected chi connectivity index (χ0v) is 21.1. The van der Waals surface area contributed by atoms with Gasteiger partial charge in [0.25, 0.3) is 5.91 Å². The number of anilines is 1. The maximum absolute atomic E-state index is 13.0. The average molecular weight is 515 g/mol. The summed E-state index contributed by atoms with van der Waals surface area (Å²) in [5, 5.41) is 4.27. The molecule has 4 rings (SSSR count). The first-order valence-electron chi connectivity index (χ1n) is 11.6. The van der Waals surface area contributed by atoms with Crippen LogP contribution in [0.5, 0.6) is 11.5 Å². The second-order valence-corrected chi connectivity index (χ2v) is 9.25. The molecule has 184 valence electrons. The lowest BCUT2D eigenvalue weighted by atomic mass is 9.96. The summed E-state index contributed by atoms with van der Waals surface area (Å²) < 4.78 is 11.3. The molecule has 1 aliphatic rings. The van der Waals surface area contributed by atoms with Crippen molar-refractivity contribution in [3.63, 3.8) is 0 Å². The first-order chi connectivity index (χ1) is 17.0. The highest BCUT2D eigenvalue weighted by molar-refractivity contribution is 6.35. The lowest BCUT2D eigenvalue weighted by molar-refractivity contribution is 0.0941. The standard InChI is InChI=1S/C26H28Cl2N4O3/c1-34-21-4-5-22(24(15-21)35-13-9-19-2-3-20(27)14-23(19)28)26(33)30-16-18-7-11-32(12-8-18)25-6-10-29-17-31-25/h2-6,10,14-15,17-18H,7-9,11-13,16H2,1H3,(H,30,33). The van der Waals surface area contributed by atoms with Crippen LogP contribution in [-0.2, 0) is 6.42 Å². The average Bonchev–Trinajstić information content (AvgIpc) is 2.89. The fourth-order valence-corrected chi connectivity index (χ4v) is 4.60. The molecule has 9 heteroatoms. The third-order valence-electron chi connectivity index (χ3n) is 6.13. The number of benzene rings is 2. The fraction of sp³-hybridized carbons (Fsp3) is 0.346. The number of halogens is 2. The molecule has 1 fully saturated rings. The van der Waals surface area contributed by atoms with Gasteiger partial charge in [-0.2, -0.15) is 0 Å². The zero-order chi connectivity index (χ0) is 24.6. The minimum Gasteiger partial charge on any atom is -0.497 e. The number of piperidine rings is 1. The summed E-state index contributed by atoms with van der Waals surface area (Å²) in [6.45, 7) is 2.78. The Labute approximate surface area is 215 Å². The van der Waals surface area contributed by atoms with E-state index >= 15 is 0 Å². The van der Waals surface area contributed by atoms with Crippen LogP contribution in [0.4, 0.5) is 5.82 Å². The molecular formula is C26H28Cl2N4O3. The number of methoxy groups -OCH3 is 1. The SMILES string of the molecule is COc1ccc(C(=O)NCC2CCN(c3ccncn3)CC2)c(OCCc2ccc(Cl)cc2Cl)c1. The maximum atomic E-state index is 13.0. The first kappa shape index (κ1) is 25.1. The molecule has 3 aromatic rings. The molecule has 1 aliphatic heterocycles. The summed E-state index contributed by atoms with van der Waals surface area (Å²) in [5.41, 5.74) is 1.41. The molecule has 0 spiro atoms. The minimum absolute atomic E-state index is 0.162. The fourth-order valence-electron chi connectivity index (χ4n) is 4.10. The van der Waals surface area contributed by atoms with E-state index in [2.05, 4.69) is 20.2 Å². The molecule has 1 aromatic heterocycles. The quantitative estimate of drug-likeness (QED) is 0.430. The Balaban J connectivity index is 1.32. The van der Waals surface area contributed by atoms with Crippen molar-refractivity contribution in [3.8, 4) is 11.5 Å². The van der Waals surface area contributed by atoms with Gasteiger partial charge in [-0.15, -0.1) is 0 Å². The van der Waals surface area contributed by atoms with Crippen LogP contribution in [0.1, 0.15) is 28.8 Å². The molecule has 1 saturated heterocycles. The number of nitrogens with one attached hydrogen (secondary N) is 1. The van der Waals surface area contributed by atoms with E-state index in [0.29, 0.717) is 52.6 Å². The van der Waals surface area contributed by atoms with Gasteiger partial charge in [-0.05, 0) is 54.7 Å². The molecule has 2 heterocycles. The van der Waals surface area contributed by atoms with Crippen molar-refractivity contribution in [1.82, 2.24) is 15.3 Å². The Morgan fingerprint density at radius 3 is 2.69 bits per heavy atom. The smallest absolute Gasteiger partial charge is 0.255 e. The molecule has 1 amide bonds. The zero-order valence-electron chi connectivity index (χ0n) is 19.5. The number of hydrogen-bond donors (Lipinski definition) is 1. The Morgan fingerprint density at radius 2 is 1.97 bits per heavy atom. The number of hydrogen-bond acceptors (Lipinski definition) is 6. The third kappa shape index (κ3) is 6.77. The molecule has 0 atom stereocenters. The van der Waals surface area contributed by atoms with Crippen LogP contribution < -0.4 is 19.7 Å². The summed E-state index contributed by atoms with van der Waals surface area (Å²) in [6.07, 6.45) is 5.88. The lowest BCUT2D eigenvalue weighted by Crippen LogP contribution is -2.39. The van der Waals surface area contributed by atoms with Gasteiger partial charge in [0.1, 0.15) is 23.6 Å². The first-order valence-corrected chi connectivity index (χ1v) is 12.3. The van der Waals surface area contributed by atoms with E-state index in [4.69, 9.17) is 32.7 Å². The topological polar surface area (TPSA) is 76.6 Å². The second kappa shape index (κ2) is 12.1. The van der Waals surface area contributed by atoms with Crippen LogP contribution in [0.3, 0.4) is 0 Å². The van der Waals surface area contributed by atoms with Gasteiger partial charge in [0.2, 0.25) is 0 Å². The summed E-state index contributed by atoms with van der Waals surface area (Å²) in [7, 11) is 1.58. The molecule has 1 N–H and O–H groups in total. The molecule has 0 unspecified atom stereocenters. The van der Waals surface area contributed by atoms with Crippen molar-refractivity contribution in [2.45, 2.75) is 19.3 Å². The lowest BCUT2D eigenvalue weighted by Gasteiger charge is -2.32. The van der Waals surface area contributed by atoms with Crippen LogP contribution in [0.2, 0.25) is 10.0 Å². The van der Waals surface area contributed by atoms with Gasteiger partial charge in [0.15, 0.2) is 0 Å². The predicted molar refractivity (Wildman–Crippen MR) is 138 cm³/mol. The Bertz CT molecular complexity index is 1140. The highest BCUT2D eigenvalue weighted by atomic mass is 35.5. The monoisotopic (exact) mass is 514 g/mol. The van der Waals surface area contributed by atoms with Crippen molar-refractivity contribution in [2.24, 2.45) is 5.92 Å². The van der Waals surface area contributed by atoms with E-state index in [0.717, 1.165) is 37.3 Å². The summed E-state index contributed by atoms with van der Waals surface area (Å²) in [5.74, 6) is 2.29. The van der Waals surface area contributed by atoms with E-state index in [1.807, 2.05) is 12.1 Å². The van der Waals surface area contributed by atoms with Gasteiger partial charge in [-0.1, -0.05) is 29.3 Å². The highest BCUT2D eigenvalue weighted by Gasteiger charge is 2.22. The molecule has 0 aliphatic carbocycles. The molecule has 7 nitrogen and oxygen atoms in total. The number of aromatic nitrogens is 2. The number of carbonyl (C=O) groups is 1. The molecule has 2 aromatic carbocycles. The van der Waals surface area contributed by atoms with Gasteiger partial charge < -0.3 is 19.7 Å². The Hall–Kier alpha value is -3.03. The van der Waals surface area contributed by atoms with Crippen molar-refractivity contribution in [3.05, 3.63) is 76.2 Å². The highest BCUT2D eigenvalue weighted by Crippen LogP contribution is 2.27. The number of nitrogens with zero attached hydrogens (tertiary/aromatic N) is 3. The number of carbonyl (C=O) groups excluding carboxylic acids is 1. The number of rotatable bonds is 9. The molecule has 0 radical (unpaired) electrons. The van der Waals surface area contributed by atoms with E-state index in [-0.39, 0.29) is 5.91 Å². The maximum Gasteiger partial charge on any atom is 0.255 e. The van der Waals surface area contributed by atoms with Gasteiger partial charge in [0, 0.05) is 48.4 Å². The van der Waals surface area contributed by atoms with E-state index < -0.39 is 0 Å². The van der Waals surface area contributed by atoms with Crippen molar-refractivity contribution in [2.75, 3.05) is 38.3 Å². The van der Waals surface area contributed by atoms with Crippen molar-refractivity contribution >= 4 is 34.9 Å². The van der Waals surface area contributed by atoms with Crippen LogP contribution >= 0.6 is 23.2 Å². The summed E-state index contributed by atoms with van der Waals surface area (Å²) >= 11 is 12.2. The molecular weight excluding hydrogens is 487 g/mol. The molecule has 0 bridgehead atoms. The summed E-state index contributed by atoms with van der Waals surface area (Å²) in [4.78, 5) is 23.6. The Kier molecular flexibility index (Phi) is 8.66. The van der Waals surface area contributed by atoms with E-state index in [9.17, 15) is 4.79 Å². The largest absolute Gasteiger partial charge is 0.497 e. The summed E-state index contributed by atoms with van der Waals surface area (Å²) in [6, 6.07) is 12.5. The number of ether oxygens (including phenoxy) is 2. The van der Waals surface area contributed by atoms with Crippen LogP contribution in [-0.4, -0.2) is 49.2 Å². The Morgan fingerprint density at radius 1 is 1.14 bits per heavy atom. The van der Waals surface area contributed by atoms with Crippen LogP contribution in [0.25, 0.3) is 0 Å². The van der Waals surface area contributed by atoms with Crippen LogP contribution in [0, 0.1) is 5.92 Å². The van der Waals surface area contributed by atoms with Gasteiger partial charge >= 0.3 is 0 Å². The minimum atomic E-state index is -0.162. The van der Waals surface area contributed by atoms with E-state index in [1.54, 1.807) is 50.0 Å². The van der Waals surface area contributed by atoms with Gasteiger partial charge in [-0.3, -0.25) is 4.79 Å². The third-order valence-corrected chi connectivity index (χ3v) is 6.72. The number of amides is 1. The normalized spacial score (nSPS) is 14.0. The van der Waals surface area contributed by atoms with Gasteiger partial charge in [0.05, 0.1) is 19.3 Å².